The van der Waals surface area contributed by atoms with Gasteiger partial charge < -0.3 is 24.8 Å². The van der Waals surface area contributed by atoms with Gasteiger partial charge in [-0.05, 0) is 19.1 Å². The lowest BCUT2D eigenvalue weighted by Crippen LogP contribution is -2.63. The maximum atomic E-state index is 11.6. The molecule has 1 aromatic rings. The van der Waals surface area contributed by atoms with Crippen LogP contribution in [0.15, 0.2) is 11.0 Å². The predicted molar refractivity (Wildman–Crippen MR) is 73.2 cm³/mol. The third-order valence-corrected chi connectivity index (χ3v) is 3.99. The van der Waals surface area contributed by atoms with Gasteiger partial charge in [-0.3, -0.25) is 20.1 Å². The first-order valence-corrected chi connectivity index (χ1v) is 6.48. The molecule has 0 spiro atoms. The summed E-state index contributed by atoms with van der Waals surface area (Å²) in [7, 11) is 1.29. The van der Waals surface area contributed by atoms with Gasteiger partial charge >= 0.3 is 0 Å². The van der Waals surface area contributed by atoms with Crippen LogP contribution >= 0.6 is 12.2 Å². The molecular weight excluding hydrogens is 302 g/mol. The third kappa shape index (κ3) is 2.20. The lowest BCUT2D eigenvalue weighted by atomic mass is 9.97. The molecule has 6 N–H and O–H groups in total. The van der Waals surface area contributed by atoms with Crippen LogP contribution in [0.2, 0.25) is 0 Å². The van der Waals surface area contributed by atoms with E-state index in [1.54, 1.807) is 0 Å². The van der Waals surface area contributed by atoms with E-state index in [0.717, 1.165) is 0 Å². The number of hydrogen-bond donors (Lipinski definition) is 5. The minimum absolute atomic E-state index is 0.0776. The van der Waals surface area contributed by atoms with Crippen molar-refractivity contribution in [2.45, 2.75) is 30.6 Å². The monoisotopic (exact) mass is 319 g/mol. The van der Waals surface area contributed by atoms with E-state index in [0.29, 0.717) is 0 Å². The Labute approximate surface area is 124 Å². The van der Waals surface area contributed by atoms with Crippen molar-refractivity contribution < 1.29 is 24.8 Å². The Morgan fingerprint density at radius 3 is 2.76 bits per heavy atom. The Bertz CT molecular complexity index is 656. The molecule has 0 radical (unpaired) electrons. The van der Waals surface area contributed by atoms with Crippen LogP contribution < -0.4 is 16.0 Å². The van der Waals surface area contributed by atoms with Crippen LogP contribution in [0, 0.1) is 4.77 Å². The number of aliphatic hydroxyl groups excluding tert-OH is 2. The molecule has 9 nitrogen and oxygen atoms in total. The molecule has 0 amide bonds. The van der Waals surface area contributed by atoms with Crippen LogP contribution in [0.5, 0.6) is 5.75 Å². The van der Waals surface area contributed by atoms with Gasteiger partial charge in [0.1, 0.15) is 12.2 Å². The summed E-state index contributed by atoms with van der Waals surface area (Å²) in [5.41, 5.74) is 1.25. The van der Waals surface area contributed by atoms with Crippen molar-refractivity contribution >= 4 is 12.2 Å². The molecule has 0 unspecified atom stereocenters. The van der Waals surface area contributed by atoms with Gasteiger partial charge in [-0.25, -0.2) is 0 Å². The molecule has 0 saturated carbocycles. The molecule has 21 heavy (non-hydrogen) atoms. The van der Waals surface area contributed by atoms with Gasteiger partial charge in [-0.2, -0.15) is 0 Å². The fourth-order valence-corrected chi connectivity index (χ4v) is 2.63. The first-order valence-electron chi connectivity index (χ1n) is 6.07. The summed E-state index contributed by atoms with van der Waals surface area (Å²) in [6.07, 6.45) is -1.44. The average molecular weight is 319 g/mol. The fraction of sp³-hybridized carbons (Fsp3) is 0.636. The van der Waals surface area contributed by atoms with E-state index in [-0.39, 0.29) is 10.5 Å². The molecule has 1 aromatic heterocycles. The Morgan fingerprint density at radius 2 is 2.29 bits per heavy atom. The van der Waals surface area contributed by atoms with E-state index in [2.05, 4.69) is 4.98 Å². The summed E-state index contributed by atoms with van der Waals surface area (Å²) in [6, 6.07) is 0. The van der Waals surface area contributed by atoms with Gasteiger partial charge in [0.25, 0.3) is 5.56 Å². The Hall–Kier alpha value is -1.30. The van der Waals surface area contributed by atoms with E-state index in [1.165, 1.54) is 24.8 Å². The largest absolute Gasteiger partial charge is 0.490 e. The highest BCUT2D eigenvalue weighted by atomic mass is 32.1. The Kier molecular flexibility index (Phi) is 3.95. The summed E-state index contributed by atoms with van der Waals surface area (Å²) < 4.78 is 11.5. The highest BCUT2D eigenvalue weighted by Crippen LogP contribution is 2.40. The van der Waals surface area contributed by atoms with Crippen LogP contribution in [-0.2, 0) is 10.5 Å². The molecule has 4 atom stereocenters. The number of aromatic amines is 1. The topological polar surface area (TPSA) is 143 Å². The SMILES string of the molecule is COc1cn([C@]2(C)O[C@H](CO)[C@@H](O)[C@@]2(N)O)c(=S)[nH]c1=O. The summed E-state index contributed by atoms with van der Waals surface area (Å²) in [5.74, 6) is -0.0776. The summed E-state index contributed by atoms with van der Waals surface area (Å²) in [4.78, 5) is 14.0. The summed E-state index contributed by atoms with van der Waals surface area (Å²) in [5, 5.41) is 29.6. The van der Waals surface area contributed by atoms with Crippen molar-refractivity contribution in [3.05, 3.63) is 21.3 Å². The van der Waals surface area contributed by atoms with Gasteiger partial charge in [0, 0.05) is 0 Å². The molecule has 1 aliphatic rings. The van der Waals surface area contributed by atoms with Crippen molar-refractivity contribution in [3.63, 3.8) is 0 Å². The van der Waals surface area contributed by atoms with Gasteiger partial charge in [-0.15, -0.1) is 0 Å². The van der Waals surface area contributed by atoms with Gasteiger partial charge in [0.15, 0.2) is 16.2 Å². The maximum absolute atomic E-state index is 11.6. The van der Waals surface area contributed by atoms with E-state index in [4.69, 9.17) is 27.4 Å². The smallest absolute Gasteiger partial charge is 0.294 e. The molecule has 118 valence electrons. The highest BCUT2D eigenvalue weighted by molar-refractivity contribution is 7.71. The van der Waals surface area contributed by atoms with Crippen LogP contribution in [0.1, 0.15) is 6.92 Å². The van der Waals surface area contributed by atoms with Crippen LogP contribution in [-0.4, -0.2) is 56.5 Å². The quantitative estimate of drug-likeness (QED) is 0.317. The van der Waals surface area contributed by atoms with E-state index >= 15 is 0 Å². The predicted octanol–water partition coefficient (Wildman–Crippen LogP) is -2.01. The number of hydrogen-bond acceptors (Lipinski definition) is 8. The third-order valence-electron chi connectivity index (χ3n) is 3.70. The minimum Gasteiger partial charge on any atom is -0.490 e. The molecule has 0 aromatic carbocycles. The first kappa shape index (κ1) is 16.1. The summed E-state index contributed by atoms with van der Waals surface area (Å²) in [6.45, 7) is 0.823. The number of methoxy groups -OCH3 is 1. The highest BCUT2D eigenvalue weighted by Gasteiger charge is 2.62. The molecular formula is C11H17N3O6S. The van der Waals surface area contributed by atoms with Crippen molar-refractivity contribution in [2.75, 3.05) is 13.7 Å². The molecule has 1 fully saturated rings. The zero-order chi connectivity index (χ0) is 16.0. The molecule has 2 rings (SSSR count). The van der Waals surface area contributed by atoms with Crippen LogP contribution in [0.3, 0.4) is 0 Å². The molecule has 0 bridgehead atoms. The Morgan fingerprint density at radius 1 is 1.67 bits per heavy atom. The standard InChI is InChI=1S/C11H17N3O6S/c1-10(11(12,18)7(16)6(4-15)20-10)14-3-5(19-2)8(17)13-9(14)21/h3,6-7,15-16,18H,4,12H2,1-2H3,(H,13,17,21)/t6-,7-,10-,11-/m1/s1. The van der Waals surface area contributed by atoms with Crippen molar-refractivity contribution in [3.8, 4) is 5.75 Å². The average Bonchev–Trinajstić information content (AvgIpc) is 2.60. The number of nitrogens with two attached hydrogens (primary N) is 1. The lowest BCUT2D eigenvalue weighted by Gasteiger charge is -2.37. The molecule has 2 heterocycles. The van der Waals surface area contributed by atoms with Gasteiger partial charge in [0.05, 0.1) is 19.9 Å². The number of nitrogens with zero attached hydrogens (tertiary/aromatic N) is 1. The second kappa shape index (κ2) is 5.16. The number of ether oxygens (including phenoxy) is 2. The first-order chi connectivity index (χ1) is 9.68. The zero-order valence-electron chi connectivity index (χ0n) is 11.4. The molecule has 0 aliphatic carbocycles. The molecule has 10 heteroatoms. The molecule has 1 aliphatic heterocycles. The fourth-order valence-electron chi connectivity index (χ4n) is 2.31. The number of nitrogens with one attached hydrogen (secondary N) is 1. The minimum atomic E-state index is -2.25. The van der Waals surface area contributed by atoms with E-state index in [9.17, 15) is 20.1 Å². The maximum Gasteiger partial charge on any atom is 0.294 e. The van der Waals surface area contributed by atoms with Crippen molar-refractivity contribution in [1.82, 2.24) is 9.55 Å². The number of H-pyrrole nitrogens is 1. The van der Waals surface area contributed by atoms with E-state index in [1.807, 2.05) is 0 Å². The van der Waals surface area contributed by atoms with Crippen LogP contribution in [0.4, 0.5) is 0 Å². The number of rotatable bonds is 3. The lowest BCUT2D eigenvalue weighted by molar-refractivity contribution is -0.183. The number of aliphatic hydroxyl groups is 3. The normalized spacial score (nSPS) is 35.9. The van der Waals surface area contributed by atoms with Crippen molar-refractivity contribution in [2.24, 2.45) is 5.73 Å². The van der Waals surface area contributed by atoms with Gasteiger partial charge in [0.2, 0.25) is 5.75 Å². The second-order valence-electron chi connectivity index (χ2n) is 4.92. The van der Waals surface area contributed by atoms with Gasteiger partial charge in [-0.1, -0.05) is 0 Å². The van der Waals surface area contributed by atoms with E-state index < -0.39 is 35.8 Å². The zero-order valence-corrected chi connectivity index (χ0v) is 12.3. The van der Waals surface area contributed by atoms with Crippen LogP contribution in [0.25, 0.3) is 0 Å². The number of aromatic nitrogens is 2. The Balaban J connectivity index is 2.65. The molecule has 1 saturated heterocycles. The van der Waals surface area contributed by atoms with Crippen molar-refractivity contribution in [1.29, 1.82) is 0 Å². The second-order valence-corrected chi connectivity index (χ2v) is 5.31. The summed E-state index contributed by atoms with van der Waals surface area (Å²) >= 11 is 5.03.